The predicted molar refractivity (Wildman–Crippen MR) is 79.3 cm³/mol. The Morgan fingerprint density at radius 1 is 1.63 bits per heavy atom. The summed E-state index contributed by atoms with van der Waals surface area (Å²) < 4.78 is 5.45. The molecule has 1 aliphatic rings. The summed E-state index contributed by atoms with van der Waals surface area (Å²) in [5.41, 5.74) is 0. The van der Waals surface area contributed by atoms with Crippen LogP contribution >= 0.6 is 23.7 Å². The molecule has 0 unspecified atom stereocenters. The zero-order valence-corrected chi connectivity index (χ0v) is 12.9. The number of nitrogens with zero attached hydrogens (tertiary/aromatic N) is 1. The summed E-state index contributed by atoms with van der Waals surface area (Å²) in [6.07, 6.45) is 1.71. The van der Waals surface area contributed by atoms with Gasteiger partial charge in [0.15, 0.2) is 5.13 Å². The Balaban J connectivity index is 0.00000180. The second-order valence-corrected chi connectivity index (χ2v) is 5.78. The van der Waals surface area contributed by atoms with Crippen LogP contribution in [0.25, 0.3) is 0 Å². The summed E-state index contributed by atoms with van der Waals surface area (Å²) in [6.45, 7) is 7.48. The number of aromatic nitrogens is 1. The van der Waals surface area contributed by atoms with Crippen molar-refractivity contribution in [3.63, 3.8) is 0 Å². The molecule has 19 heavy (non-hydrogen) atoms. The number of anilines is 1. The molecular formula is C12H20ClN3O2S. The average Bonchev–Trinajstić information content (AvgIpc) is 2.78. The summed E-state index contributed by atoms with van der Waals surface area (Å²) in [5, 5.41) is 6.66. The number of hydrogen-bond donors (Lipinski definition) is 2. The van der Waals surface area contributed by atoms with Crippen LogP contribution in [0.2, 0.25) is 0 Å². The van der Waals surface area contributed by atoms with E-state index in [0.29, 0.717) is 24.2 Å². The SMILES string of the molecule is CC(C)c1cnc(NC(=O)[C@H]2NCCO[C@@H]2C)s1.Cl. The highest BCUT2D eigenvalue weighted by molar-refractivity contribution is 7.15. The first-order valence-corrected chi connectivity index (χ1v) is 7.01. The fourth-order valence-corrected chi connectivity index (χ4v) is 2.64. The minimum Gasteiger partial charge on any atom is -0.375 e. The van der Waals surface area contributed by atoms with Crippen LogP contribution in [0, 0.1) is 0 Å². The Morgan fingerprint density at radius 2 is 2.37 bits per heavy atom. The van der Waals surface area contributed by atoms with Crippen LogP contribution in [0.15, 0.2) is 6.20 Å². The molecule has 1 aliphatic heterocycles. The maximum atomic E-state index is 12.1. The van der Waals surface area contributed by atoms with E-state index < -0.39 is 0 Å². The van der Waals surface area contributed by atoms with Gasteiger partial charge in [-0.15, -0.1) is 23.7 Å². The summed E-state index contributed by atoms with van der Waals surface area (Å²) in [6, 6.07) is -0.301. The van der Waals surface area contributed by atoms with Gasteiger partial charge in [0, 0.05) is 17.6 Å². The van der Waals surface area contributed by atoms with Crippen molar-refractivity contribution in [2.75, 3.05) is 18.5 Å². The van der Waals surface area contributed by atoms with Crippen LogP contribution in [0.4, 0.5) is 5.13 Å². The molecule has 1 amide bonds. The monoisotopic (exact) mass is 305 g/mol. The first kappa shape index (κ1) is 16.4. The van der Waals surface area contributed by atoms with E-state index >= 15 is 0 Å². The third kappa shape index (κ3) is 4.14. The van der Waals surface area contributed by atoms with Crippen LogP contribution < -0.4 is 10.6 Å². The Kier molecular flexibility index (Phi) is 6.19. The highest BCUT2D eigenvalue weighted by Gasteiger charge is 2.28. The molecule has 108 valence electrons. The van der Waals surface area contributed by atoms with Gasteiger partial charge in [0.05, 0.1) is 12.7 Å². The zero-order valence-electron chi connectivity index (χ0n) is 11.3. The van der Waals surface area contributed by atoms with E-state index in [-0.39, 0.29) is 30.5 Å². The summed E-state index contributed by atoms with van der Waals surface area (Å²) >= 11 is 1.52. The lowest BCUT2D eigenvalue weighted by Crippen LogP contribution is -2.53. The molecule has 2 N–H and O–H groups in total. The maximum absolute atomic E-state index is 12.1. The van der Waals surface area contributed by atoms with E-state index in [9.17, 15) is 4.79 Å². The number of morpholine rings is 1. The molecule has 0 aliphatic carbocycles. The van der Waals surface area contributed by atoms with Gasteiger partial charge in [0.2, 0.25) is 5.91 Å². The molecule has 0 bridgehead atoms. The van der Waals surface area contributed by atoms with E-state index in [1.54, 1.807) is 0 Å². The van der Waals surface area contributed by atoms with Crippen molar-refractivity contribution in [1.29, 1.82) is 0 Å². The second kappa shape index (κ2) is 7.19. The fraction of sp³-hybridized carbons (Fsp3) is 0.667. The molecule has 0 radical (unpaired) electrons. The Morgan fingerprint density at radius 3 is 2.95 bits per heavy atom. The molecule has 0 saturated carbocycles. The number of rotatable bonds is 3. The zero-order chi connectivity index (χ0) is 13.1. The third-order valence-corrected chi connectivity index (χ3v) is 4.14. The molecular weight excluding hydrogens is 286 g/mol. The van der Waals surface area contributed by atoms with Crippen LogP contribution in [0.3, 0.4) is 0 Å². The number of hydrogen-bond acceptors (Lipinski definition) is 5. The largest absolute Gasteiger partial charge is 0.375 e. The smallest absolute Gasteiger partial charge is 0.245 e. The molecule has 1 aromatic rings. The maximum Gasteiger partial charge on any atom is 0.245 e. The van der Waals surface area contributed by atoms with E-state index in [4.69, 9.17) is 4.74 Å². The predicted octanol–water partition coefficient (Wildman–Crippen LogP) is 2.00. The van der Waals surface area contributed by atoms with Crippen molar-refractivity contribution in [3.05, 3.63) is 11.1 Å². The molecule has 1 fully saturated rings. The molecule has 7 heteroatoms. The molecule has 2 atom stereocenters. The number of amides is 1. The van der Waals surface area contributed by atoms with Crippen molar-refractivity contribution >= 4 is 34.8 Å². The molecule has 1 saturated heterocycles. The van der Waals surface area contributed by atoms with Gasteiger partial charge in [-0.3, -0.25) is 4.79 Å². The number of carbonyl (C=O) groups is 1. The number of ether oxygens (including phenoxy) is 1. The van der Waals surface area contributed by atoms with E-state index in [2.05, 4.69) is 29.5 Å². The lowest BCUT2D eigenvalue weighted by atomic mass is 10.1. The van der Waals surface area contributed by atoms with Gasteiger partial charge in [-0.25, -0.2) is 4.98 Å². The quantitative estimate of drug-likeness (QED) is 0.896. The van der Waals surface area contributed by atoms with Gasteiger partial charge in [-0.1, -0.05) is 13.8 Å². The van der Waals surface area contributed by atoms with Crippen LogP contribution in [0.1, 0.15) is 31.6 Å². The number of halogens is 1. The van der Waals surface area contributed by atoms with Crippen molar-refractivity contribution < 1.29 is 9.53 Å². The minimum absolute atomic E-state index is 0. The Hall–Kier alpha value is -0.690. The molecule has 1 aromatic heterocycles. The Labute approximate surface area is 123 Å². The average molecular weight is 306 g/mol. The standard InChI is InChI=1S/C12H19N3O2S.ClH/c1-7(2)9-6-14-12(18-9)15-11(16)10-8(3)17-5-4-13-10;/h6-8,10,13H,4-5H2,1-3H3,(H,14,15,16);1H/t8-,10+;/m1./s1. The lowest BCUT2D eigenvalue weighted by molar-refractivity contribution is -0.123. The highest BCUT2D eigenvalue weighted by Crippen LogP contribution is 2.25. The molecule has 2 heterocycles. The van der Waals surface area contributed by atoms with Gasteiger partial charge < -0.3 is 15.4 Å². The highest BCUT2D eigenvalue weighted by atomic mass is 35.5. The van der Waals surface area contributed by atoms with Gasteiger partial charge in [0.25, 0.3) is 0 Å². The topological polar surface area (TPSA) is 63.2 Å². The number of nitrogens with one attached hydrogen (secondary N) is 2. The van der Waals surface area contributed by atoms with E-state index in [1.807, 2.05) is 13.1 Å². The van der Waals surface area contributed by atoms with E-state index in [0.717, 1.165) is 0 Å². The van der Waals surface area contributed by atoms with Crippen molar-refractivity contribution in [1.82, 2.24) is 10.3 Å². The van der Waals surface area contributed by atoms with Gasteiger partial charge in [0.1, 0.15) is 6.04 Å². The van der Waals surface area contributed by atoms with E-state index in [1.165, 1.54) is 16.2 Å². The van der Waals surface area contributed by atoms with Crippen molar-refractivity contribution in [2.24, 2.45) is 0 Å². The summed E-state index contributed by atoms with van der Waals surface area (Å²) in [5.74, 6) is 0.357. The summed E-state index contributed by atoms with van der Waals surface area (Å²) in [4.78, 5) is 17.5. The van der Waals surface area contributed by atoms with Crippen molar-refractivity contribution in [2.45, 2.75) is 38.8 Å². The van der Waals surface area contributed by atoms with Gasteiger partial charge >= 0.3 is 0 Å². The molecule has 5 nitrogen and oxygen atoms in total. The number of carbonyl (C=O) groups excluding carboxylic acids is 1. The Bertz CT molecular complexity index is 425. The van der Waals surface area contributed by atoms with Crippen LogP contribution in [-0.2, 0) is 9.53 Å². The van der Waals surface area contributed by atoms with Crippen molar-refractivity contribution in [3.8, 4) is 0 Å². The van der Waals surface area contributed by atoms with Gasteiger partial charge in [-0.2, -0.15) is 0 Å². The first-order valence-electron chi connectivity index (χ1n) is 6.19. The summed E-state index contributed by atoms with van der Waals surface area (Å²) in [7, 11) is 0. The third-order valence-electron chi connectivity index (χ3n) is 2.92. The molecule has 0 spiro atoms. The first-order chi connectivity index (χ1) is 8.58. The van der Waals surface area contributed by atoms with Gasteiger partial charge in [-0.05, 0) is 12.8 Å². The minimum atomic E-state index is -0.301. The lowest BCUT2D eigenvalue weighted by Gasteiger charge is -2.28. The normalized spacial score (nSPS) is 22.9. The molecule has 2 rings (SSSR count). The van der Waals surface area contributed by atoms with Crippen LogP contribution in [-0.4, -0.2) is 36.2 Å². The fourth-order valence-electron chi connectivity index (χ4n) is 1.82. The van der Waals surface area contributed by atoms with Crippen LogP contribution in [0.5, 0.6) is 0 Å². The molecule has 0 aromatic carbocycles. The number of thiazole rings is 1. The second-order valence-electron chi connectivity index (χ2n) is 4.72.